The van der Waals surface area contributed by atoms with Crippen molar-refractivity contribution in [3.63, 3.8) is 0 Å². The second kappa shape index (κ2) is 11.9. The van der Waals surface area contributed by atoms with Gasteiger partial charge in [-0.05, 0) is 43.3 Å². The van der Waals surface area contributed by atoms with Crippen LogP contribution in [0.1, 0.15) is 106 Å². The van der Waals surface area contributed by atoms with Gasteiger partial charge in [-0.1, -0.05) is 115 Å². The summed E-state index contributed by atoms with van der Waals surface area (Å²) in [6.45, 7) is 12.9. The molecule has 2 bridgehead atoms. The minimum Gasteiger partial charge on any atom is -0.451 e. The lowest BCUT2D eigenvalue weighted by Crippen LogP contribution is -2.37. The number of carbonyl (C=O) groups excluding carboxylic acids is 2. The minimum atomic E-state index is -0.670. The van der Waals surface area contributed by atoms with Gasteiger partial charge in [-0.25, -0.2) is 9.59 Å². The van der Waals surface area contributed by atoms with Crippen molar-refractivity contribution in [1.29, 1.82) is 0 Å². The Morgan fingerprint density at radius 2 is 1.13 bits per heavy atom. The number of ether oxygens (including phenoxy) is 2. The molecule has 39 heavy (non-hydrogen) atoms. The van der Waals surface area contributed by atoms with Crippen molar-refractivity contribution >= 4 is 11.9 Å². The highest BCUT2D eigenvalue weighted by Gasteiger charge is 2.56. The summed E-state index contributed by atoms with van der Waals surface area (Å²) >= 11 is 0. The quantitative estimate of drug-likeness (QED) is 0.186. The summed E-state index contributed by atoms with van der Waals surface area (Å²) in [5.74, 6) is -1.05. The fraction of sp³-hybridized carbons (Fsp3) is 0.600. The Hall–Kier alpha value is -2.62. The van der Waals surface area contributed by atoms with Gasteiger partial charge in [0.2, 0.25) is 0 Å². The van der Waals surface area contributed by atoms with Gasteiger partial charge < -0.3 is 9.47 Å². The molecule has 4 nitrogen and oxygen atoms in total. The first-order chi connectivity index (χ1) is 18.6. The maximum absolute atomic E-state index is 14.0. The van der Waals surface area contributed by atoms with E-state index in [4.69, 9.17) is 9.47 Å². The Kier molecular flexibility index (Phi) is 8.93. The van der Waals surface area contributed by atoms with E-state index in [1.165, 1.54) is 11.1 Å². The maximum Gasteiger partial charge on any atom is 0.336 e. The molecule has 0 heterocycles. The lowest BCUT2D eigenvalue weighted by atomic mass is 9.77. The van der Waals surface area contributed by atoms with E-state index < -0.39 is 11.2 Å². The molecule has 0 N–H and O–H groups in total. The molecule has 4 heteroatoms. The second-order valence-corrected chi connectivity index (χ2v) is 12.5. The molecular weight excluding hydrogens is 484 g/mol. The second-order valence-electron chi connectivity index (χ2n) is 12.5. The van der Waals surface area contributed by atoms with Gasteiger partial charge in [0.25, 0.3) is 0 Å². The third-order valence-corrected chi connectivity index (χ3v) is 9.09. The fourth-order valence-electron chi connectivity index (χ4n) is 6.95. The lowest BCUT2D eigenvalue weighted by molar-refractivity contribution is -0.154. The van der Waals surface area contributed by atoms with Crippen LogP contribution in [-0.4, -0.2) is 23.1 Å². The zero-order chi connectivity index (χ0) is 28.3. The van der Waals surface area contributed by atoms with Gasteiger partial charge in [0.1, 0.15) is 11.2 Å². The molecule has 0 fully saturated rings. The van der Waals surface area contributed by atoms with E-state index in [0.29, 0.717) is 24.0 Å². The van der Waals surface area contributed by atoms with Crippen LogP contribution in [0.3, 0.4) is 0 Å². The third kappa shape index (κ3) is 5.81. The SMILES string of the molecule is CCCC1=CCC(CCC)(OC(=O)C2=C(C(=O)OC3(CCC)C=CC(CCC)=CC3)C3C=CC2C3(C)C)C=C1. The highest BCUT2D eigenvalue weighted by Crippen LogP contribution is 2.57. The van der Waals surface area contributed by atoms with E-state index in [-0.39, 0.29) is 29.2 Å². The Bertz CT molecular complexity index is 1060. The summed E-state index contributed by atoms with van der Waals surface area (Å²) in [7, 11) is 0. The van der Waals surface area contributed by atoms with Crippen LogP contribution in [-0.2, 0) is 19.1 Å². The van der Waals surface area contributed by atoms with Crippen LogP contribution < -0.4 is 0 Å². The molecule has 4 aliphatic carbocycles. The van der Waals surface area contributed by atoms with Crippen LogP contribution in [0.15, 0.2) is 70.9 Å². The summed E-state index contributed by atoms with van der Waals surface area (Å²) in [4.78, 5) is 28.0. The van der Waals surface area contributed by atoms with Crippen molar-refractivity contribution in [2.24, 2.45) is 17.3 Å². The average molecular weight is 533 g/mol. The average Bonchev–Trinajstić information content (AvgIpc) is 3.32. The normalized spacial score (nSPS) is 30.4. The van der Waals surface area contributed by atoms with Crippen LogP contribution >= 0.6 is 0 Å². The number of allylic oxidation sites excluding steroid dienone is 6. The molecule has 0 amide bonds. The molecule has 0 spiro atoms. The van der Waals surface area contributed by atoms with Crippen LogP contribution in [0.25, 0.3) is 0 Å². The van der Waals surface area contributed by atoms with Gasteiger partial charge in [0.15, 0.2) is 0 Å². The molecule has 0 aliphatic heterocycles. The van der Waals surface area contributed by atoms with Gasteiger partial charge in [0.05, 0.1) is 11.1 Å². The predicted molar refractivity (Wildman–Crippen MR) is 158 cm³/mol. The predicted octanol–water partition coefficient (Wildman–Crippen LogP) is 8.66. The molecule has 0 aromatic carbocycles. The monoisotopic (exact) mass is 532 g/mol. The van der Waals surface area contributed by atoms with Crippen molar-refractivity contribution < 1.29 is 19.1 Å². The maximum atomic E-state index is 14.0. The van der Waals surface area contributed by atoms with E-state index in [1.54, 1.807) is 0 Å². The number of hydrogen-bond acceptors (Lipinski definition) is 4. The highest BCUT2D eigenvalue weighted by atomic mass is 16.6. The van der Waals surface area contributed by atoms with Crippen molar-refractivity contribution in [2.45, 2.75) is 117 Å². The molecule has 0 radical (unpaired) electrons. The van der Waals surface area contributed by atoms with Crippen LogP contribution in [0.4, 0.5) is 0 Å². The zero-order valence-corrected chi connectivity index (χ0v) is 25.0. The standard InChI is InChI=1S/C35H48O4/c1-7-11-25-15-21-34(19-9-3,22-16-25)38-31(36)29-27-13-14-28(33(27,5)6)30(29)32(37)39-35(20-10-4)23-17-26(12-8-2)18-24-35/h13-18,21,23,27-28H,7-12,19-20,22,24H2,1-6H3. The van der Waals surface area contributed by atoms with Crippen molar-refractivity contribution in [1.82, 2.24) is 0 Å². The van der Waals surface area contributed by atoms with E-state index in [2.05, 4.69) is 90.2 Å². The van der Waals surface area contributed by atoms with Crippen molar-refractivity contribution in [3.8, 4) is 0 Å². The number of carbonyl (C=O) groups is 2. The zero-order valence-electron chi connectivity index (χ0n) is 25.0. The molecular formula is C35H48O4. The largest absolute Gasteiger partial charge is 0.451 e. The van der Waals surface area contributed by atoms with Gasteiger partial charge in [-0.15, -0.1) is 0 Å². The number of rotatable bonds is 12. The van der Waals surface area contributed by atoms with E-state index >= 15 is 0 Å². The van der Waals surface area contributed by atoms with Gasteiger partial charge >= 0.3 is 11.9 Å². The minimum absolute atomic E-state index is 0.157. The van der Waals surface area contributed by atoms with Crippen LogP contribution in [0, 0.1) is 17.3 Å². The van der Waals surface area contributed by atoms with Crippen LogP contribution in [0.2, 0.25) is 0 Å². The molecule has 0 aromatic rings. The summed E-state index contributed by atoms with van der Waals surface area (Å²) < 4.78 is 12.7. The van der Waals surface area contributed by atoms with E-state index in [1.807, 2.05) is 0 Å². The molecule has 0 aromatic heterocycles. The molecule has 4 atom stereocenters. The highest BCUT2D eigenvalue weighted by molar-refractivity contribution is 6.04. The van der Waals surface area contributed by atoms with Gasteiger partial charge in [-0.3, -0.25) is 0 Å². The first-order valence-electron chi connectivity index (χ1n) is 15.3. The topological polar surface area (TPSA) is 52.6 Å². The lowest BCUT2D eigenvalue weighted by Gasteiger charge is -2.34. The summed E-state index contributed by atoms with van der Waals surface area (Å²) in [6.07, 6.45) is 25.9. The van der Waals surface area contributed by atoms with Crippen molar-refractivity contribution in [2.75, 3.05) is 0 Å². The van der Waals surface area contributed by atoms with Gasteiger partial charge in [-0.2, -0.15) is 0 Å². The first-order valence-corrected chi connectivity index (χ1v) is 15.3. The molecule has 4 aliphatic rings. The Morgan fingerprint density at radius 1 is 0.718 bits per heavy atom. The first kappa shape index (κ1) is 29.4. The molecule has 4 unspecified atom stereocenters. The Morgan fingerprint density at radius 3 is 1.44 bits per heavy atom. The summed E-state index contributed by atoms with van der Waals surface area (Å²) in [5.41, 5.74) is 1.98. The van der Waals surface area contributed by atoms with Crippen LogP contribution in [0.5, 0.6) is 0 Å². The number of hydrogen-bond donors (Lipinski definition) is 0. The molecule has 0 saturated heterocycles. The molecule has 0 saturated carbocycles. The Balaban J connectivity index is 1.62. The fourth-order valence-corrected chi connectivity index (χ4v) is 6.95. The molecule has 212 valence electrons. The molecule has 4 rings (SSSR count). The summed E-state index contributed by atoms with van der Waals surface area (Å²) in [5, 5.41) is 0. The Labute approximate surface area is 236 Å². The van der Waals surface area contributed by atoms with Crippen molar-refractivity contribution in [3.05, 3.63) is 70.9 Å². The number of esters is 2. The third-order valence-electron chi connectivity index (χ3n) is 9.09. The smallest absolute Gasteiger partial charge is 0.336 e. The van der Waals surface area contributed by atoms with E-state index in [9.17, 15) is 9.59 Å². The number of fused-ring (bicyclic) bond motifs is 2. The van der Waals surface area contributed by atoms with E-state index in [0.717, 1.165) is 51.4 Å². The van der Waals surface area contributed by atoms with Gasteiger partial charge in [0, 0.05) is 24.7 Å². The summed E-state index contributed by atoms with van der Waals surface area (Å²) in [6, 6.07) is 0.